The van der Waals surface area contributed by atoms with Crippen molar-refractivity contribution >= 4 is 5.97 Å². The van der Waals surface area contributed by atoms with Crippen molar-refractivity contribution in [1.29, 1.82) is 0 Å². The first-order chi connectivity index (χ1) is 24.9. The van der Waals surface area contributed by atoms with Crippen molar-refractivity contribution in [2.75, 3.05) is 54.1 Å². The smallest absolute Gasteiger partial charge is 0.306 e. The van der Waals surface area contributed by atoms with E-state index in [0.717, 1.165) is 36.9 Å². The molecule has 0 heterocycles. The van der Waals surface area contributed by atoms with Gasteiger partial charge >= 0.3 is 5.97 Å². The van der Waals surface area contributed by atoms with Gasteiger partial charge in [0.1, 0.15) is 12.7 Å². The van der Waals surface area contributed by atoms with Crippen LogP contribution < -0.4 is 0 Å². The molecule has 302 valence electrons. The maximum absolute atomic E-state index is 12.4. The van der Waals surface area contributed by atoms with Crippen molar-refractivity contribution in [2.45, 2.75) is 213 Å². The van der Waals surface area contributed by atoms with Crippen LogP contribution >= 0.6 is 0 Å². The van der Waals surface area contributed by atoms with Crippen LogP contribution in [0.5, 0.6) is 0 Å². The molecule has 0 unspecified atom stereocenters. The highest BCUT2D eigenvalue weighted by Crippen LogP contribution is 2.13. The lowest BCUT2D eigenvalue weighted by Crippen LogP contribution is -2.35. The number of nitrogens with zero attached hydrogens (tertiary/aromatic N) is 1. The van der Waals surface area contributed by atoms with Gasteiger partial charge in [-0.2, -0.15) is 0 Å². The number of unbranched alkanes of at least 4 members (excludes halogenated alkanes) is 24. The second-order valence-electron chi connectivity index (χ2n) is 16.2. The number of hydrogen-bond acceptors (Lipinski definition) is 4. The van der Waals surface area contributed by atoms with E-state index < -0.39 is 0 Å². The fourth-order valence-electron chi connectivity index (χ4n) is 6.37. The molecular formula is C46H90NO4+. The summed E-state index contributed by atoms with van der Waals surface area (Å²) >= 11 is 0. The molecule has 0 saturated heterocycles. The number of esters is 1. The van der Waals surface area contributed by atoms with E-state index >= 15 is 0 Å². The summed E-state index contributed by atoms with van der Waals surface area (Å²) in [5.41, 5.74) is 0. The quantitative estimate of drug-likeness (QED) is 0.0273. The van der Waals surface area contributed by atoms with Gasteiger partial charge in [-0.25, -0.2) is 0 Å². The summed E-state index contributed by atoms with van der Waals surface area (Å²) in [6, 6.07) is 0. The Morgan fingerprint density at radius 3 is 1.31 bits per heavy atom. The summed E-state index contributed by atoms with van der Waals surface area (Å²) in [4.78, 5) is 12.4. The highest BCUT2D eigenvalue weighted by Gasteiger charge is 2.15. The molecule has 0 aromatic heterocycles. The molecule has 0 amide bonds. The van der Waals surface area contributed by atoms with Crippen LogP contribution in [-0.4, -0.2) is 70.7 Å². The number of allylic oxidation sites excluding steroid dienone is 4. The Labute approximate surface area is 319 Å². The van der Waals surface area contributed by atoms with Gasteiger partial charge in [0.25, 0.3) is 0 Å². The molecule has 1 atom stereocenters. The molecule has 5 nitrogen and oxygen atoms in total. The van der Waals surface area contributed by atoms with Crippen LogP contribution in [0.15, 0.2) is 24.3 Å². The molecule has 0 aliphatic rings. The van der Waals surface area contributed by atoms with Crippen molar-refractivity contribution in [1.82, 2.24) is 0 Å². The van der Waals surface area contributed by atoms with Crippen LogP contribution in [0.2, 0.25) is 0 Å². The second kappa shape index (κ2) is 40.0. The number of carbonyl (C=O) groups is 1. The van der Waals surface area contributed by atoms with Crippen molar-refractivity contribution in [3.8, 4) is 0 Å². The molecule has 51 heavy (non-hydrogen) atoms. The first-order valence-electron chi connectivity index (χ1n) is 22.3. The van der Waals surface area contributed by atoms with Crippen molar-refractivity contribution in [3.63, 3.8) is 0 Å². The highest BCUT2D eigenvalue weighted by molar-refractivity contribution is 5.69. The summed E-state index contributed by atoms with van der Waals surface area (Å²) in [6.45, 7) is 7.79. The predicted molar refractivity (Wildman–Crippen MR) is 223 cm³/mol. The van der Waals surface area contributed by atoms with Gasteiger partial charge in [-0.15, -0.1) is 0 Å². The lowest BCUT2D eigenvalue weighted by atomic mass is 10.1. The molecule has 5 heteroatoms. The Bertz CT molecular complexity index is 759. The molecule has 0 N–H and O–H groups in total. The van der Waals surface area contributed by atoms with Crippen molar-refractivity contribution < 1.29 is 23.5 Å². The molecular weight excluding hydrogens is 631 g/mol. The monoisotopic (exact) mass is 721 g/mol. The SMILES string of the molecule is CCCCCCCC/C=C\CCCCCCCCOC[C@H](COC(=O)CCC[N+](C)(C)C)OCCCCCCCC/C=C\CCCCCCCC. The fraction of sp³-hybridized carbons (Fsp3) is 0.891. The zero-order valence-corrected chi connectivity index (χ0v) is 35.2. The molecule has 0 rings (SSSR count). The van der Waals surface area contributed by atoms with Crippen LogP contribution in [0, 0.1) is 0 Å². The summed E-state index contributed by atoms with van der Waals surface area (Å²) in [5.74, 6) is -0.123. The van der Waals surface area contributed by atoms with E-state index in [4.69, 9.17) is 14.2 Å². The number of quaternary nitrogens is 1. The summed E-state index contributed by atoms with van der Waals surface area (Å²) < 4.78 is 18.7. The van der Waals surface area contributed by atoms with Gasteiger partial charge in [0.15, 0.2) is 0 Å². The van der Waals surface area contributed by atoms with Crippen molar-refractivity contribution in [2.24, 2.45) is 0 Å². The average Bonchev–Trinajstić information content (AvgIpc) is 3.10. The van der Waals surface area contributed by atoms with Crippen LogP contribution in [0.3, 0.4) is 0 Å². The highest BCUT2D eigenvalue weighted by atomic mass is 16.6. The normalized spacial score (nSPS) is 12.8. The third-order valence-electron chi connectivity index (χ3n) is 9.75. The third-order valence-corrected chi connectivity index (χ3v) is 9.75. The van der Waals surface area contributed by atoms with Crippen LogP contribution in [-0.2, 0) is 19.0 Å². The molecule has 0 aromatic rings. The summed E-state index contributed by atoms with van der Waals surface area (Å²) in [7, 11) is 6.46. The molecule has 0 radical (unpaired) electrons. The van der Waals surface area contributed by atoms with Gasteiger partial charge < -0.3 is 18.7 Å². The third kappa shape index (κ3) is 43.1. The summed E-state index contributed by atoms with van der Waals surface area (Å²) in [5, 5.41) is 0. The Morgan fingerprint density at radius 2 is 0.882 bits per heavy atom. The Balaban J connectivity index is 4.00. The topological polar surface area (TPSA) is 44.8 Å². The predicted octanol–water partition coefficient (Wildman–Crippen LogP) is 13.5. The number of ether oxygens (including phenoxy) is 3. The van der Waals surface area contributed by atoms with Gasteiger partial charge in [0.2, 0.25) is 0 Å². The average molecular weight is 721 g/mol. The minimum atomic E-state index is -0.176. The van der Waals surface area contributed by atoms with E-state index in [1.807, 2.05) is 0 Å². The molecule has 0 aliphatic carbocycles. The first kappa shape index (κ1) is 49.8. The lowest BCUT2D eigenvalue weighted by molar-refractivity contribution is -0.870. The van der Waals surface area contributed by atoms with E-state index in [0.29, 0.717) is 26.2 Å². The zero-order valence-electron chi connectivity index (χ0n) is 35.2. The number of hydrogen-bond donors (Lipinski definition) is 0. The van der Waals surface area contributed by atoms with E-state index in [2.05, 4.69) is 59.3 Å². The Morgan fingerprint density at radius 1 is 0.490 bits per heavy atom. The molecule has 0 aromatic carbocycles. The minimum Gasteiger partial charge on any atom is -0.463 e. The standard InChI is InChI=1S/C46H90NO4/c1-6-8-10-12-14-16-18-20-22-24-26-28-30-32-34-36-41-49-43-45(44-51-46(48)39-38-40-47(3,4)5)50-42-37-35-33-31-29-27-25-23-21-19-17-15-13-11-9-7-2/h20-23,45H,6-19,24-44H2,1-5H3/q+1/b22-20-,23-21-/t45-/m1/s1. The maximum atomic E-state index is 12.4. The Kier molecular flexibility index (Phi) is 39.1. The lowest BCUT2D eigenvalue weighted by Gasteiger charge is -2.23. The van der Waals surface area contributed by atoms with Crippen molar-refractivity contribution in [3.05, 3.63) is 24.3 Å². The van der Waals surface area contributed by atoms with Gasteiger partial charge in [-0.1, -0.05) is 154 Å². The van der Waals surface area contributed by atoms with E-state index in [1.165, 1.54) is 167 Å². The molecule has 0 saturated carbocycles. The van der Waals surface area contributed by atoms with E-state index in [-0.39, 0.29) is 12.1 Å². The minimum absolute atomic E-state index is 0.123. The Hall–Kier alpha value is -1.17. The maximum Gasteiger partial charge on any atom is 0.306 e. The largest absolute Gasteiger partial charge is 0.463 e. The second-order valence-corrected chi connectivity index (χ2v) is 16.2. The molecule has 0 spiro atoms. The first-order valence-corrected chi connectivity index (χ1v) is 22.3. The number of carbonyl (C=O) groups excluding carboxylic acids is 1. The molecule has 0 aliphatic heterocycles. The zero-order chi connectivity index (χ0) is 37.4. The molecule has 0 bridgehead atoms. The fourth-order valence-corrected chi connectivity index (χ4v) is 6.37. The molecule has 0 fully saturated rings. The van der Waals surface area contributed by atoms with Crippen LogP contribution in [0.25, 0.3) is 0 Å². The summed E-state index contributed by atoms with van der Waals surface area (Å²) in [6.07, 6.45) is 47.3. The van der Waals surface area contributed by atoms with Gasteiger partial charge in [0, 0.05) is 19.6 Å². The number of rotatable bonds is 41. The van der Waals surface area contributed by atoms with E-state index in [1.54, 1.807) is 0 Å². The van der Waals surface area contributed by atoms with Gasteiger partial charge in [-0.3, -0.25) is 4.79 Å². The van der Waals surface area contributed by atoms with Gasteiger partial charge in [0.05, 0.1) is 40.7 Å². The van der Waals surface area contributed by atoms with Crippen LogP contribution in [0.4, 0.5) is 0 Å². The van der Waals surface area contributed by atoms with Gasteiger partial charge in [-0.05, 0) is 64.2 Å². The van der Waals surface area contributed by atoms with Crippen LogP contribution in [0.1, 0.15) is 206 Å². The van der Waals surface area contributed by atoms with E-state index in [9.17, 15) is 4.79 Å².